The molecule has 5 rings (SSSR count). The molecule has 0 aromatic carbocycles. The van der Waals surface area contributed by atoms with Crippen molar-refractivity contribution >= 4 is 5.82 Å². The average molecular weight is 444 g/mol. The zero-order valence-corrected chi connectivity index (χ0v) is 18.9. The predicted octanol–water partition coefficient (Wildman–Crippen LogP) is 2.89. The number of H-pyrrole nitrogens is 1. The van der Waals surface area contributed by atoms with Crippen LogP contribution >= 0.6 is 0 Å². The van der Waals surface area contributed by atoms with E-state index in [-0.39, 0.29) is 6.10 Å². The van der Waals surface area contributed by atoms with Gasteiger partial charge in [-0.1, -0.05) is 0 Å². The summed E-state index contributed by atoms with van der Waals surface area (Å²) in [5.41, 5.74) is 4.34. The molecule has 8 heteroatoms. The van der Waals surface area contributed by atoms with E-state index in [9.17, 15) is 5.26 Å². The lowest BCUT2D eigenvalue weighted by atomic mass is 10.1. The number of pyridine rings is 2. The molecule has 0 radical (unpaired) electrons. The Bertz CT molecular complexity index is 1120. The normalized spacial score (nSPS) is 17.6. The van der Waals surface area contributed by atoms with Crippen molar-refractivity contribution in [2.75, 3.05) is 51.2 Å². The Labute approximate surface area is 194 Å². The first kappa shape index (κ1) is 21.4. The van der Waals surface area contributed by atoms with Crippen LogP contribution in [0.15, 0.2) is 42.7 Å². The number of anilines is 1. The summed E-state index contributed by atoms with van der Waals surface area (Å²) in [6.45, 7) is 5.72. The van der Waals surface area contributed by atoms with E-state index >= 15 is 0 Å². The van der Waals surface area contributed by atoms with Gasteiger partial charge in [-0.15, -0.1) is 0 Å². The van der Waals surface area contributed by atoms with Crippen LogP contribution in [-0.4, -0.2) is 72.3 Å². The molecule has 3 aromatic heterocycles. The van der Waals surface area contributed by atoms with Gasteiger partial charge >= 0.3 is 0 Å². The van der Waals surface area contributed by atoms with Gasteiger partial charge in [0.05, 0.1) is 11.3 Å². The van der Waals surface area contributed by atoms with Crippen LogP contribution in [0.1, 0.15) is 18.4 Å². The number of nitrogens with zero attached hydrogens (tertiary/aromatic N) is 5. The number of aromatic nitrogens is 3. The van der Waals surface area contributed by atoms with Crippen LogP contribution in [0, 0.1) is 11.3 Å². The molecule has 3 aromatic rings. The molecule has 5 heterocycles. The van der Waals surface area contributed by atoms with Gasteiger partial charge in [-0.2, -0.15) is 5.26 Å². The molecule has 8 nitrogen and oxygen atoms in total. The van der Waals surface area contributed by atoms with Crippen LogP contribution in [0.3, 0.4) is 0 Å². The lowest BCUT2D eigenvalue weighted by molar-refractivity contribution is 0.110. The number of nitriles is 1. The third-order valence-corrected chi connectivity index (χ3v) is 6.41. The molecule has 0 bridgehead atoms. The molecule has 33 heavy (non-hydrogen) atoms. The molecule has 2 saturated heterocycles. The number of hydrogen-bond acceptors (Lipinski definition) is 7. The quantitative estimate of drug-likeness (QED) is 0.626. The summed E-state index contributed by atoms with van der Waals surface area (Å²) < 4.78 is 6.07. The van der Waals surface area contributed by atoms with E-state index in [4.69, 9.17) is 4.74 Å². The Morgan fingerprint density at radius 2 is 1.85 bits per heavy atom. The summed E-state index contributed by atoms with van der Waals surface area (Å²) in [6, 6.07) is 12.2. The summed E-state index contributed by atoms with van der Waals surface area (Å²) in [5.74, 6) is 1.55. The third-order valence-electron chi connectivity index (χ3n) is 6.41. The first-order valence-electron chi connectivity index (χ1n) is 11.6. The highest BCUT2D eigenvalue weighted by atomic mass is 16.5. The number of piperidine rings is 1. The third kappa shape index (κ3) is 4.85. The second-order valence-electron chi connectivity index (χ2n) is 8.73. The number of hydrogen-bond donors (Lipinski definition) is 2. The maximum atomic E-state index is 9.65. The molecule has 0 aliphatic carbocycles. The molecule has 2 N–H and O–H groups in total. The number of piperazine rings is 1. The van der Waals surface area contributed by atoms with E-state index < -0.39 is 0 Å². The standard InChI is InChI=1S/C25H29N7O/c1-31-10-5-21(6-11-31)33-24-3-2-19(17-29-24)22-14-18(4-7-28-22)23-15-20(16-26)25(30-23)32-12-8-27-9-13-32/h2-4,7,14-15,17,21,27,30H,5-6,8-13H2,1H3. The van der Waals surface area contributed by atoms with Gasteiger partial charge in [0.15, 0.2) is 0 Å². The Morgan fingerprint density at radius 1 is 1.03 bits per heavy atom. The second-order valence-corrected chi connectivity index (χ2v) is 8.73. The molecule has 0 saturated carbocycles. The van der Waals surface area contributed by atoms with Crippen molar-refractivity contribution in [3.8, 4) is 34.5 Å². The largest absolute Gasteiger partial charge is 0.474 e. The zero-order chi connectivity index (χ0) is 22.6. The van der Waals surface area contributed by atoms with Crippen molar-refractivity contribution in [2.24, 2.45) is 0 Å². The fraction of sp³-hybridized carbons (Fsp3) is 0.400. The minimum Gasteiger partial charge on any atom is -0.474 e. The van der Waals surface area contributed by atoms with Crippen molar-refractivity contribution in [2.45, 2.75) is 18.9 Å². The summed E-state index contributed by atoms with van der Waals surface area (Å²) in [6.07, 6.45) is 5.90. The molecule has 0 atom stereocenters. The second kappa shape index (κ2) is 9.61. The van der Waals surface area contributed by atoms with Crippen LogP contribution in [-0.2, 0) is 0 Å². The van der Waals surface area contributed by atoms with Crippen molar-refractivity contribution in [1.82, 2.24) is 25.2 Å². The van der Waals surface area contributed by atoms with Gasteiger partial charge in [-0.25, -0.2) is 4.98 Å². The van der Waals surface area contributed by atoms with Crippen LogP contribution in [0.5, 0.6) is 5.88 Å². The monoisotopic (exact) mass is 443 g/mol. The summed E-state index contributed by atoms with van der Waals surface area (Å²) in [7, 11) is 2.14. The Balaban J connectivity index is 1.33. The fourth-order valence-corrected chi connectivity index (χ4v) is 4.45. The van der Waals surface area contributed by atoms with E-state index in [1.807, 2.05) is 36.5 Å². The molecule has 170 valence electrons. The molecule has 2 aliphatic rings. The molecule has 0 amide bonds. The molecule has 0 unspecified atom stereocenters. The number of rotatable bonds is 5. The first-order valence-corrected chi connectivity index (χ1v) is 11.6. The van der Waals surface area contributed by atoms with Crippen molar-refractivity contribution < 1.29 is 4.74 Å². The van der Waals surface area contributed by atoms with Crippen LogP contribution in [0.25, 0.3) is 22.5 Å². The maximum Gasteiger partial charge on any atom is 0.213 e. The molecular weight excluding hydrogens is 414 g/mol. The summed E-state index contributed by atoms with van der Waals surface area (Å²) in [4.78, 5) is 17.1. The average Bonchev–Trinajstić information content (AvgIpc) is 3.31. The maximum absolute atomic E-state index is 9.65. The SMILES string of the molecule is CN1CCC(Oc2ccc(-c3cc(-c4cc(C#N)c(N5CCNCC5)[nH]4)ccn3)cn2)CC1. The van der Waals surface area contributed by atoms with Crippen molar-refractivity contribution in [3.63, 3.8) is 0 Å². The van der Waals surface area contributed by atoms with Gasteiger partial charge in [0, 0.05) is 74.5 Å². The smallest absolute Gasteiger partial charge is 0.213 e. The molecular formula is C25H29N7O. The Morgan fingerprint density at radius 3 is 2.58 bits per heavy atom. The highest BCUT2D eigenvalue weighted by molar-refractivity contribution is 5.73. The summed E-state index contributed by atoms with van der Waals surface area (Å²) >= 11 is 0. The Hall–Kier alpha value is -3.41. The molecule has 2 aliphatic heterocycles. The number of aromatic amines is 1. The van der Waals surface area contributed by atoms with Crippen molar-refractivity contribution in [3.05, 3.63) is 48.3 Å². The highest BCUT2D eigenvalue weighted by Crippen LogP contribution is 2.30. The fourth-order valence-electron chi connectivity index (χ4n) is 4.45. The highest BCUT2D eigenvalue weighted by Gasteiger charge is 2.19. The van der Waals surface area contributed by atoms with E-state index in [0.717, 1.165) is 80.4 Å². The number of ether oxygens (including phenoxy) is 1. The lowest BCUT2D eigenvalue weighted by Crippen LogP contribution is -2.44. The van der Waals surface area contributed by atoms with Gasteiger partial charge in [0.1, 0.15) is 18.0 Å². The number of likely N-dealkylation sites (tertiary alicyclic amines) is 1. The van der Waals surface area contributed by atoms with Crippen LogP contribution < -0.4 is 15.0 Å². The van der Waals surface area contributed by atoms with E-state index in [1.165, 1.54) is 0 Å². The Kier molecular flexibility index (Phi) is 6.24. The van der Waals surface area contributed by atoms with Gasteiger partial charge in [0.2, 0.25) is 5.88 Å². The summed E-state index contributed by atoms with van der Waals surface area (Å²) in [5, 5.41) is 13.0. The van der Waals surface area contributed by atoms with Gasteiger partial charge in [0.25, 0.3) is 0 Å². The van der Waals surface area contributed by atoms with E-state index in [1.54, 1.807) is 6.20 Å². The number of nitrogens with one attached hydrogen (secondary N) is 2. The molecule has 0 spiro atoms. The van der Waals surface area contributed by atoms with Gasteiger partial charge in [-0.3, -0.25) is 4.98 Å². The minimum atomic E-state index is 0.230. The first-order chi connectivity index (χ1) is 16.2. The van der Waals surface area contributed by atoms with Gasteiger partial charge < -0.3 is 24.8 Å². The van der Waals surface area contributed by atoms with E-state index in [2.05, 4.69) is 43.2 Å². The lowest BCUT2D eigenvalue weighted by Gasteiger charge is -2.28. The van der Waals surface area contributed by atoms with E-state index in [0.29, 0.717) is 11.4 Å². The predicted molar refractivity (Wildman–Crippen MR) is 128 cm³/mol. The van der Waals surface area contributed by atoms with Crippen LogP contribution in [0.2, 0.25) is 0 Å². The van der Waals surface area contributed by atoms with Gasteiger partial charge in [-0.05, 0) is 44.2 Å². The minimum absolute atomic E-state index is 0.230. The topological polar surface area (TPSA) is 93.1 Å². The molecule has 2 fully saturated rings. The van der Waals surface area contributed by atoms with Crippen LogP contribution in [0.4, 0.5) is 5.82 Å². The zero-order valence-electron chi connectivity index (χ0n) is 18.9. The van der Waals surface area contributed by atoms with Crippen molar-refractivity contribution in [1.29, 1.82) is 5.26 Å².